The standard InChI is InChI=1S/C9H13FN2O/c1-6(2)12(3)9(13)8-4-7(10)5-11-8/h4-6,11H,1-3H3. The van der Waals surface area contributed by atoms with E-state index in [0.717, 1.165) is 0 Å². The largest absolute Gasteiger partial charge is 0.355 e. The minimum absolute atomic E-state index is 0.110. The molecule has 1 aromatic rings. The van der Waals surface area contributed by atoms with Gasteiger partial charge in [-0.15, -0.1) is 0 Å². The summed E-state index contributed by atoms with van der Waals surface area (Å²) in [5.74, 6) is -0.612. The van der Waals surface area contributed by atoms with Gasteiger partial charge in [0, 0.05) is 25.4 Å². The van der Waals surface area contributed by atoms with Gasteiger partial charge in [-0.1, -0.05) is 0 Å². The van der Waals surface area contributed by atoms with E-state index in [0.29, 0.717) is 0 Å². The summed E-state index contributed by atoms with van der Waals surface area (Å²) >= 11 is 0. The quantitative estimate of drug-likeness (QED) is 0.745. The van der Waals surface area contributed by atoms with Crippen LogP contribution >= 0.6 is 0 Å². The van der Waals surface area contributed by atoms with Crippen LogP contribution in [0.3, 0.4) is 0 Å². The van der Waals surface area contributed by atoms with Crippen molar-refractivity contribution in [3.63, 3.8) is 0 Å². The third-order valence-corrected chi connectivity index (χ3v) is 1.97. The van der Waals surface area contributed by atoms with Crippen molar-refractivity contribution in [2.24, 2.45) is 0 Å². The van der Waals surface area contributed by atoms with Crippen molar-refractivity contribution < 1.29 is 9.18 Å². The third-order valence-electron chi connectivity index (χ3n) is 1.97. The third kappa shape index (κ3) is 2.08. The Morgan fingerprint density at radius 3 is 2.62 bits per heavy atom. The average molecular weight is 184 g/mol. The second kappa shape index (κ2) is 3.60. The molecule has 0 unspecified atom stereocenters. The van der Waals surface area contributed by atoms with Crippen LogP contribution in [0.25, 0.3) is 0 Å². The molecule has 0 bridgehead atoms. The fourth-order valence-electron chi connectivity index (χ4n) is 0.916. The fraction of sp³-hybridized carbons (Fsp3) is 0.444. The number of carbonyl (C=O) groups is 1. The van der Waals surface area contributed by atoms with Crippen molar-refractivity contribution in [1.82, 2.24) is 9.88 Å². The summed E-state index contributed by atoms with van der Waals surface area (Å²) in [7, 11) is 1.69. The molecule has 72 valence electrons. The molecule has 0 aliphatic heterocycles. The predicted octanol–water partition coefficient (Wildman–Crippen LogP) is 1.63. The molecule has 0 aliphatic carbocycles. The van der Waals surface area contributed by atoms with Crippen LogP contribution in [0.4, 0.5) is 4.39 Å². The van der Waals surface area contributed by atoms with Crippen LogP contribution in [0.1, 0.15) is 24.3 Å². The highest BCUT2D eigenvalue weighted by Crippen LogP contribution is 2.06. The summed E-state index contributed by atoms with van der Waals surface area (Å²) in [4.78, 5) is 15.6. The van der Waals surface area contributed by atoms with Gasteiger partial charge >= 0.3 is 0 Å². The number of carbonyl (C=O) groups excluding carboxylic acids is 1. The lowest BCUT2D eigenvalue weighted by atomic mass is 10.3. The molecule has 0 atom stereocenters. The highest BCUT2D eigenvalue weighted by Gasteiger charge is 2.15. The van der Waals surface area contributed by atoms with Gasteiger partial charge < -0.3 is 9.88 Å². The van der Waals surface area contributed by atoms with Crippen LogP contribution < -0.4 is 0 Å². The molecular weight excluding hydrogens is 171 g/mol. The van der Waals surface area contributed by atoms with Gasteiger partial charge in [-0.3, -0.25) is 4.79 Å². The summed E-state index contributed by atoms with van der Waals surface area (Å²) in [6.45, 7) is 3.80. The van der Waals surface area contributed by atoms with Gasteiger partial charge in [0.05, 0.1) is 0 Å². The van der Waals surface area contributed by atoms with E-state index in [-0.39, 0.29) is 17.6 Å². The van der Waals surface area contributed by atoms with Crippen LogP contribution in [0.2, 0.25) is 0 Å². The number of nitrogens with zero attached hydrogens (tertiary/aromatic N) is 1. The summed E-state index contributed by atoms with van der Waals surface area (Å²) in [6.07, 6.45) is 1.17. The van der Waals surface area contributed by atoms with Crippen molar-refractivity contribution in [3.05, 3.63) is 23.8 Å². The average Bonchev–Trinajstić information content (AvgIpc) is 2.49. The Labute approximate surface area is 76.6 Å². The Hall–Kier alpha value is -1.32. The first-order valence-electron chi connectivity index (χ1n) is 4.13. The van der Waals surface area contributed by atoms with Crippen molar-refractivity contribution in [3.8, 4) is 0 Å². The maximum atomic E-state index is 12.6. The zero-order valence-electron chi connectivity index (χ0n) is 7.97. The molecule has 0 aromatic carbocycles. The smallest absolute Gasteiger partial charge is 0.270 e. The van der Waals surface area contributed by atoms with Crippen molar-refractivity contribution >= 4 is 5.91 Å². The molecule has 4 heteroatoms. The first-order chi connectivity index (χ1) is 6.02. The molecule has 1 amide bonds. The summed E-state index contributed by atoms with van der Waals surface area (Å²) in [6, 6.07) is 1.31. The lowest BCUT2D eigenvalue weighted by molar-refractivity contribution is 0.0749. The predicted molar refractivity (Wildman–Crippen MR) is 48.0 cm³/mol. The molecule has 1 N–H and O–H groups in total. The van der Waals surface area contributed by atoms with E-state index in [1.807, 2.05) is 13.8 Å². The minimum Gasteiger partial charge on any atom is -0.355 e. The monoisotopic (exact) mass is 184 g/mol. The number of rotatable bonds is 2. The van der Waals surface area contributed by atoms with E-state index in [2.05, 4.69) is 4.98 Å². The number of hydrogen-bond acceptors (Lipinski definition) is 1. The Kier molecular flexibility index (Phi) is 2.70. The Morgan fingerprint density at radius 2 is 2.23 bits per heavy atom. The Morgan fingerprint density at radius 1 is 1.62 bits per heavy atom. The Bertz CT molecular complexity index is 306. The second-order valence-electron chi connectivity index (χ2n) is 3.24. The molecule has 1 heterocycles. The molecule has 1 aromatic heterocycles. The first-order valence-corrected chi connectivity index (χ1v) is 4.13. The van der Waals surface area contributed by atoms with E-state index in [1.54, 1.807) is 11.9 Å². The fourth-order valence-corrected chi connectivity index (χ4v) is 0.916. The van der Waals surface area contributed by atoms with Crippen molar-refractivity contribution in [2.45, 2.75) is 19.9 Å². The van der Waals surface area contributed by atoms with Gasteiger partial charge in [0.15, 0.2) is 0 Å². The van der Waals surface area contributed by atoms with Crippen molar-refractivity contribution in [1.29, 1.82) is 0 Å². The zero-order valence-corrected chi connectivity index (χ0v) is 7.97. The maximum absolute atomic E-state index is 12.6. The van der Waals surface area contributed by atoms with E-state index in [4.69, 9.17) is 0 Å². The van der Waals surface area contributed by atoms with Gasteiger partial charge in [0.2, 0.25) is 0 Å². The van der Waals surface area contributed by atoms with Crippen LogP contribution in [0.5, 0.6) is 0 Å². The summed E-state index contributed by atoms with van der Waals surface area (Å²) in [5.41, 5.74) is 0.286. The number of nitrogens with one attached hydrogen (secondary N) is 1. The normalized spacial score (nSPS) is 10.5. The molecule has 0 aliphatic rings. The second-order valence-corrected chi connectivity index (χ2v) is 3.24. The SMILES string of the molecule is CC(C)N(C)C(=O)c1cc(F)c[nH]1. The molecule has 1 rings (SSSR count). The van der Waals surface area contributed by atoms with Gasteiger partial charge in [-0.25, -0.2) is 4.39 Å². The van der Waals surface area contributed by atoms with E-state index in [1.165, 1.54) is 12.3 Å². The van der Waals surface area contributed by atoms with Gasteiger partial charge in [-0.2, -0.15) is 0 Å². The zero-order chi connectivity index (χ0) is 10.0. The van der Waals surface area contributed by atoms with Gasteiger partial charge in [0.25, 0.3) is 5.91 Å². The number of aromatic nitrogens is 1. The van der Waals surface area contributed by atoms with Crippen LogP contribution in [0.15, 0.2) is 12.3 Å². The molecule has 13 heavy (non-hydrogen) atoms. The first kappa shape index (κ1) is 9.77. The molecule has 0 fully saturated rings. The Balaban J connectivity index is 2.79. The molecule has 0 spiro atoms. The lowest BCUT2D eigenvalue weighted by Crippen LogP contribution is -2.33. The molecule has 3 nitrogen and oxygen atoms in total. The number of amides is 1. The molecule has 0 radical (unpaired) electrons. The number of hydrogen-bond donors (Lipinski definition) is 1. The van der Waals surface area contributed by atoms with Crippen LogP contribution in [0, 0.1) is 5.82 Å². The highest BCUT2D eigenvalue weighted by molar-refractivity contribution is 5.92. The van der Waals surface area contributed by atoms with E-state index >= 15 is 0 Å². The highest BCUT2D eigenvalue weighted by atomic mass is 19.1. The van der Waals surface area contributed by atoms with Gasteiger partial charge in [-0.05, 0) is 13.8 Å². The number of H-pyrrole nitrogens is 1. The minimum atomic E-state index is -0.416. The molecule has 0 saturated carbocycles. The topological polar surface area (TPSA) is 36.1 Å². The van der Waals surface area contributed by atoms with Crippen molar-refractivity contribution in [2.75, 3.05) is 7.05 Å². The number of halogens is 1. The van der Waals surface area contributed by atoms with Crippen LogP contribution in [-0.2, 0) is 0 Å². The van der Waals surface area contributed by atoms with Gasteiger partial charge in [0.1, 0.15) is 11.5 Å². The maximum Gasteiger partial charge on any atom is 0.270 e. The summed E-state index contributed by atoms with van der Waals surface area (Å²) in [5, 5.41) is 0. The molecular formula is C9H13FN2O. The van der Waals surface area contributed by atoms with E-state index < -0.39 is 5.82 Å². The lowest BCUT2D eigenvalue weighted by Gasteiger charge is -2.20. The van der Waals surface area contributed by atoms with Crippen LogP contribution in [-0.4, -0.2) is 28.9 Å². The summed E-state index contributed by atoms with van der Waals surface area (Å²) < 4.78 is 12.6. The van der Waals surface area contributed by atoms with E-state index in [9.17, 15) is 9.18 Å². The molecule has 0 saturated heterocycles. The number of aromatic amines is 1.